The van der Waals surface area contributed by atoms with Crippen molar-refractivity contribution in [1.29, 1.82) is 0 Å². The predicted molar refractivity (Wildman–Crippen MR) is 92.2 cm³/mol. The number of nitrogens with zero attached hydrogens (tertiary/aromatic N) is 1. The fraction of sp³-hybridized carbons (Fsp3) is 0.353. The SMILES string of the molecule is CC(C)NC(=O)Nc1ccccc1NC(=O)c1cc(C2CC2)[nH]n1. The van der Waals surface area contributed by atoms with Crippen molar-refractivity contribution >= 4 is 23.3 Å². The molecule has 1 fully saturated rings. The molecule has 4 N–H and O–H groups in total. The maximum Gasteiger partial charge on any atom is 0.319 e. The van der Waals surface area contributed by atoms with Crippen molar-refractivity contribution in [2.75, 3.05) is 10.6 Å². The third-order valence-electron chi connectivity index (χ3n) is 3.69. The van der Waals surface area contributed by atoms with Gasteiger partial charge in [0.1, 0.15) is 0 Å². The normalized spacial score (nSPS) is 13.6. The van der Waals surface area contributed by atoms with E-state index in [1.54, 1.807) is 30.3 Å². The summed E-state index contributed by atoms with van der Waals surface area (Å²) in [6, 6.07) is 8.54. The Bertz CT molecular complexity index is 749. The number of carbonyl (C=O) groups is 2. The van der Waals surface area contributed by atoms with Gasteiger partial charge in [0.2, 0.25) is 0 Å². The van der Waals surface area contributed by atoms with Gasteiger partial charge in [-0.25, -0.2) is 4.79 Å². The molecule has 1 aliphatic rings. The summed E-state index contributed by atoms with van der Waals surface area (Å²) in [5.74, 6) is 0.199. The summed E-state index contributed by atoms with van der Waals surface area (Å²) in [5.41, 5.74) is 2.40. The van der Waals surface area contributed by atoms with Crippen molar-refractivity contribution in [3.8, 4) is 0 Å². The summed E-state index contributed by atoms with van der Waals surface area (Å²) in [4.78, 5) is 24.2. The van der Waals surface area contributed by atoms with Gasteiger partial charge in [-0.15, -0.1) is 0 Å². The van der Waals surface area contributed by atoms with E-state index in [9.17, 15) is 9.59 Å². The molecule has 2 aromatic rings. The van der Waals surface area contributed by atoms with E-state index in [-0.39, 0.29) is 18.0 Å². The highest BCUT2D eigenvalue weighted by Gasteiger charge is 2.26. The van der Waals surface area contributed by atoms with Gasteiger partial charge in [-0.1, -0.05) is 12.1 Å². The van der Waals surface area contributed by atoms with Crippen LogP contribution in [0.2, 0.25) is 0 Å². The zero-order valence-corrected chi connectivity index (χ0v) is 13.7. The molecule has 24 heavy (non-hydrogen) atoms. The number of amides is 3. The summed E-state index contributed by atoms with van der Waals surface area (Å²) < 4.78 is 0. The number of aromatic amines is 1. The molecule has 7 heteroatoms. The standard InChI is InChI=1S/C17H21N5O2/c1-10(2)18-17(24)20-13-6-4-3-5-12(13)19-16(23)15-9-14(21-22-15)11-7-8-11/h3-6,9-11H,7-8H2,1-2H3,(H,19,23)(H,21,22)(H2,18,20,24). The third kappa shape index (κ3) is 3.92. The monoisotopic (exact) mass is 327 g/mol. The van der Waals surface area contributed by atoms with E-state index in [1.807, 2.05) is 13.8 Å². The number of H-pyrrole nitrogens is 1. The molecule has 0 bridgehead atoms. The van der Waals surface area contributed by atoms with Crippen LogP contribution in [0.15, 0.2) is 30.3 Å². The number of hydrogen-bond donors (Lipinski definition) is 4. The van der Waals surface area contributed by atoms with Crippen molar-refractivity contribution in [1.82, 2.24) is 15.5 Å². The number of anilines is 2. The molecule has 1 aliphatic carbocycles. The number of nitrogens with one attached hydrogen (secondary N) is 4. The molecule has 1 aromatic heterocycles. The van der Waals surface area contributed by atoms with Crippen molar-refractivity contribution in [3.05, 3.63) is 41.7 Å². The van der Waals surface area contributed by atoms with E-state index in [0.29, 0.717) is 23.0 Å². The summed E-state index contributed by atoms with van der Waals surface area (Å²) in [5, 5.41) is 15.3. The molecular weight excluding hydrogens is 306 g/mol. The highest BCUT2D eigenvalue weighted by Crippen LogP contribution is 2.39. The number of urea groups is 1. The van der Waals surface area contributed by atoms with Gasteiger partial charge in [-0.05, 0) is 44.9 Å². The molecule has 0 unspecified atom stereocenters. The molecule has 0 atom stereocenters. The van der Waals surface area contributed by atoms with Gasteiger partial charge < -0.3 is 16.0 Å². The lowest BCUT2D eigenvalue weighted by molar-refractivity contribution is 0.102. The Hall–Kier alpha value is -2.83. The van der Waals surface area contributed by atoms with Gasteiger partial charge in [0.15, 0.2) is 5.69 Å². The molecular formula is C17H21N5O2. The van der Waals surface area contributed by atoms with Gasteiger partial charge in [0.25, 0.3) is 5.91 Å². The Kier molecular flexibility index (Phi) is 4.50. The maximum absolute atomic E-state index is 12.4. The minimum Gasteiger partial charge on any atom is -0.336 e. The molecule has 3 rings (SSSR count). The van der Waals surface area contributed by atoms with Gasteiger partial charge in [-0.3, -0.25) is 9.89 Å². The summed E-state index contributed by atoms with van der Waals surface area (Å²) in [6.45, 7) is 3.75. The number of hydrogen-bond acceptors (Lipinski definition) is 3. The molecule has 0 radical (unpaired) electrons. The van der Waals surface area contributed by atoms with Gasteiger partial charge in [0.05, 0.1) is 11.4 Å². The molecule has 1 saturated carbocycles. The lowest BCUT2D eigenvalue weighted by atomic mass is 10.2. The number of rotatable bonds is 5. The van der Waals surface area contributed by atoms with E-state index in [4.69, 9.17) is 0 Å². The molecule has 0 saturated heterocycles. The smallest absolute Gasteiger partial charge is 0.319 e. The second-order valence-electron chi connectivity index (χ2n) is 6.24. The van der Waals surface area contributed by atoms with Crippen molar-refractivity contribution < 1.29 is 9.59 Å². The first-order chi connectivity index (χ1) is 11.5. The van der Waals surface area contributed by atoms with Gasteiger partial charge in [0, 0.05) is 17.7 Å². The fourth-order valence-electron chi connectivity index (χ4n) is 2.36. The van der Waals surface area contributed by atoms with Crippen LogP contribution in [0, 0.1) is 0 Å². The lowest BCUT2D eigenvalue weighted by Crippen LogP contribution is -2.34. The molecule has 0 spiro atoms. The first-order valence-corrected chi connectivity index (χ1v) is 8.06. The van der Waals surface area contributed by atoms with E-state index < -0.39 is 0 Å². The Morgan fingerprint density at radius 2 is 1.83 bits per heavy atom. The first-order valence-electron chi connectivity index (χ1n) is 8.06. The second-order valence-corrected chi connectivity index (χ2v) is 6.24. The summed E-state index contributed by atoms with van der Waals surface area (Å²) in [7, 11) is 0. The van der Waals surface area contributed by atoms with E-state index in [0.717, 1.165) is 18.5 Å². The quantitative estimate of drug-likeness (QED) is 0.679. The minimum atomic E-state index is -0.317. The van der Waals surface area contributed by atoms with Crippen LogP contribution in [-0.2, 0) is 0 Å². The number of para-hydroxylation sites is 2. The maximum atomic E-state index is 12.4. The van der Waals surface area contributed by atoms with Crippen LogP contribution in [0.1, 0.15) is 48.8 Å². The second kappa shape index (κ2) is 6.74. The number of benzene rings is 1. The highest BCUT2D eigenvalue weighted by molar-refractivity contribution is 6.06. The van der Waals surface area contributed by atoms with Crippen LogP contribution in [0.3, 0.4) is 0 Å². The van der Waals surface area contributed by atoms with Crippen LogP contribution >= 0.6 is 0 Å². The molecule has 7 nitrogen and oxygen atoms in total. The summed E-state index contributed by atoms with van der Waals surface area (Å²) >= 11 is 0. The Morgan fingerprint density at radius 3 is 2.46 bits per heavy atom. The average molecular weight is 327 g/mol. The van der Waals surface area contributed by atoms with E-state index in [1.165, 1.54) is 0 Å². The van der Waals surface area contributed by atoms with Gasteiger partial charge >= 0.3 is 6.03 Å². The van der Waals surface area contributed by atoms with Crippen LogP contribution in [0.25, 0.3) is 0 Å². The highest BCUT2D eigenvalue weighted by atomic mass is 16.2. The Labute approximate surface area is 140 Å². The number of aromatic nitrogens is 2. The van der Waals surface area contributed by atoms with E-state index in [2.05, 4.69) is 26.1 Å². The molecule has 1 heterocycles. The minimum absolute atomic E-state index is 0.0247. The van der Waals surface area contributed by atoms with Crippen molar-refractivity contribution in [3.63, 3.8) is 0 Å². The lowest BCUT2D eigenvalue weighted by Gasteiger charge is -2.13. The third-order valence-corrected chi connectivity index (χ3v) is 3.69. The Balaban J connectivity index is 1.69. The molecule has 0 aliphatic heterocycles. The predicted octanol–water partition coefficient (Wildman–Crippen LogP) is 3.07. The number of carbonyl (C=O) groups excluding carboxylic acids is 2. The Morgan fingerprint density at radius 1 is 1.17 bits per heavy atom. The van der Waals surface area contributed by atoms with Crippen LogP contribution in [-0.4, -0.2) is 28.2 Å². The van der Waals surface area contributed by atoms with Crippen LogP contribution in [0.4, 0.5) is 16.2 Å². The van der Waals surface area contributed by atoms with Crippen LogP contribution in [0.5, 0.6) is 0 Å². The van der Waals surface area contributed by atoms with Crippen molar-refractivity contribution in [2.24, 2.45) is 0 Å². The van der Waals surface area contributed by atoms with Crippen molar-refractivity contribution in [2.45, 2.75) is 38.6 Å². The molecule has 126 valence electrons. The molecule has 3 amide bonds. The van der Waals surface area contributed by atoms with Crippen LogP contribution < -0.4 is 16.0 Å². The fourth-order valence-corrected chi connectivity index (χ4v) is 2.36. The van der Waals surface area contributed by atoms with Gasteiger partial charge in [-0.2, -0.15) is 5.10 Å². The topological polar surface area (TPSA) is 98.9 Å². The largest absolute Gasteiger partial charge is 0.336 e. The van der Waals surface area contributed by atoms with E-state index >= 15 is 0 Å². The zero-order chi connectivity index (χ0) is 17.1. The molecule has 1 aromatic carbocycles. The average Bonchev–Trinajstić information content (AvgIpc) is 3.25. The zero-order valence-electron chi connectivity index (χ0n) is 13.7. The first kappa shape index (κ1) is 16.0. The summed E-state index contributed by atoms with van der Waals surface area (Å²) in [6.07, 6.45) is 2.28.